The van der Waals surface area contributed by atoms with Crippen LogP contribution in [0.15, 0.2) is 28.7 Å². The minimum Gasteiger partial charge on any atom is -0.378 e. The Morgan fingerprint density at radius 1 is 1.21 bits per heavy atom. The molecular weight excluding hydrogens is 302 g/mol. The Bertz CT molecular complexity index is 364. The highest BCUT2D eigenvalue weighted by Crippen LogP contribution is 2.20. The molecule has 1 aromatic rings. The predicted molar refractivity (Wildman–Crippen MR) is 83.3 cm³/mol. The quantitative estimate of drug-likeness (QED) is 0.755. The Labute approximate surface area is 125 Å². The van der Waals surface area contributed by atoms with Gasteiger partial charge in [0.1, 0.15) is 0 Å². The van der Waals surface area contributed by atoms with E-state index in [1.807, 2.05) is 0 Å². The van der Waals surface area contributed by atoms with Gasteiger partial charge in [-0.25, -0.2) is 0 Å². The van der Waals surface area contributed by atoms with Crippen LogP contribution in [0.4, 0.5) is 0 Å². The highest BCUT2D eigenvalue weighted by Gasteiger charge is 2.12. The van der Waals surface area contributed by atoms with Crippen LogP contribution in [-0.4, -0.2) is 19.3 Å². The first kappa shape index (κ1) is 15.0. The number of halogens is 1. The molecule has 0 aliphatic heterocycles. The standard InChI is InChI=1S/C16H24BrNO/c17-15-7-4-6-14(12-15)13-18-10-5-11-19-16-8-2-1-3-9-16/h4,6-7,12,16,18H,1-3,5,8-11,13H2. The van der Waals surface area contributed by atoms with Crippen LogP contribution in [-0.2, 0) is 11.3 Å². The third-order valence-electron chi connectivity index (χ3n) is 3.62. The van der Waals surface area contributed by atoms with E-state index in [9.17, 15) is 0 Å². The van der Waals surface area contributed by atoms with Crippen LogP contribution in [0.5, 0.6) is 0 Å². The molecule has 1 N–H and O–H groups in total. The fraction of sp³-hybridized carbons (Fsp3) is 0.625. The van der Waals surface area contributed by atoms with Gasteiger partial charge in [-0.1, -0.05) is 47.3 Å². The maximum absolute atomic E-state index is 5.91. The summed E-state index contributed by atoms with van der Waals surface area (Å²) in [4.78, 5) is 0. The van der Waals surface area contributed by atoms with E-state index in [2.05, 4.69) is 45.5 Å². The summed E-state index contributed by atoms with van der Waals surface area (Å²) < 4.78 is 7.05. The van der Waals surface area contributed by atoms with Crippen molar-refractivity contribution in [3.05, 3.63) is 34.3 Å². The molecule has 1 aliphatic carbocycles. The van der Waals surface area contributed by atoms with Crippen LogP contribution < -0.4 is 5.32 Å². The Morgan fingerprint density at radius 2 is 2.05 bits per heavy atom. The Morgan fingerprint density at radius 3 is 2.84 bits per heavy atom. The second kappa shape index (κ2) is 8.72. The Hall–Kier alpha value is -0.380. The van der Waals surface area contributed by atoms with Gasteiger partial charge in [-0.15, -0.1) is 0 Å². The highest BCUT2D eigenvalue weighted by molar-refractivity contribution is 9.10. The van der Waals surface area contributed by atoms with Crippen molar-refractivity contribution in [2.24, 2.45) is 0 Å². The molecule has 0 unspecified atom stereocenters. The largest absolute Gasteiger partial charge is 0.378 e. The summed E-state index contributed by atoms with van der Waals surface area (Å²) in [5.41, 5.74) is 1.32. The molecule has 3 heteroatoms. The summed E-state index contributed by atoms with van der Waals surface area (Å²) >= 11 is 3.49. The molecule has 0 amide bonds. The maximum atomic E-state index is 5.91. The van der Waals surface area contributed by atoms with Crippen LogP contribution in [0.1, 0.15) is 44.1 Å². The normalized spacial score (nSPS) is 16.7. The fourth-order valence-electron chi connectivity index (χ4n) is 2.56. The minimum absolute atomic E-state index is 0.541. The second-order valence-corrected chi connectivity index (χ2v) is 6.21. The third kappa shape index (κ3) is 6.07. The molecule has 19 heavy (non-hydrogen) atoms. The molecule has 1 aliphatic rings. The first-order valence-electron chi connectivity index (χ1n) is 7.41. The minimum atomic E-state index is 0.541. The van der Waals surface area contributed by atoms with E-state index in [1.54, 1.807) is 0 Å². The summed E-state index contributed by atoms with van der Waals surface area (Å²) in [5.74, 6) is 0. The van der Waals surface area contributed by atoms with Crippen LogP contribution in [0, 0.1) is 0 Å². The average molecular weight is 326 g/mol. The number of benzene rings is 1. The summed E-state index contributed by atoms with van der Waals surface area (Å²) in [6.07, 6.45) is 8.28. The van der Waals surface area contributed by atoms with E-state index in [1.165, 1.54) is 37.7 Å². The van der Waals surface area contributed by atoms with Gasteiger partial charge in [0.2, 0.25) is 0 Å². The monoisotopic (exact) mass is 325 g/mol. The van der Waals surface area contributed by atoms with Gasteiger partial charge in [-0.05, 0) is 43.5 Å². The Kier molecular flexibility index (Phi) is 6.90. The third-order valence-corrected chi connectivity index (χ3v) is 4.12. The number of nitrogens with one attached hydrogen (secondary N) is 1. The van der Waals surface area contributed by atoms with E-state index < -0.39 is 0 Å². The predicted octanol–water partition coefficient (Wildman–Crippen LogP) is 4.28. The molecular formula is C16H24BrNO. The van der Waals surface area contributed by atoms with Gasteiger partial charge in [-0.2, -0.15) is 0 Å². The molecule has 0 bridgehead atoms. The molecule has 1 saturated carbocycles. The first-order chi connectivity index (χ1) is 9.34. The van der Waals surface area contributed by atoms with Gasteiger partial charge in [0.25, 0.3) is 0 Å². The smallest absolute Gasteiger partial charge is 0.0575 e. The van der Waals surface area contributed by atoms with E-state index in [0.29, 0.717) is 6.10 Å². The molecule has 0 atom stereocenters. The van der Waals surface area contributed by atoms with Crippen LogP contribution in [0.2, 0.25) is 0 Å². The zero-order valence-corrected chi connectivity index (χ0v) is 13.1. The molecule has 1 fully saturated rings. The summed E-state index contributed by atoms with van der Waals surface area (Å²) in [7, 11) is 0. The van der Waals surface area contributed by atoms with Crippen molar-refractivity contribution in [3.63, 3.8) is 0 Å². The van der Waals surface area contributed by atoms with Gasteiger partial charge in [-0.3, -0.25) is 0 Å². The Balaban J connectivity index is 1.50. The average Bonchev–Trinajstić information content (AvgIpc) is 2.44. The molecule has 2 rings (SSSR count). The number of hydrogen-bond acceptors (Lipinski definition) is 2. The van der Waals surface area contributed by atoms with E-state index in [4.69, 9.17) is 4.74 Å². The molecule has 2 nitrogen and oxygen atoms in total. The van der Waals surface area contributed by atoms with Crippen molar-refractivity contribution in [1.82, 2.24) is 5.32 Å². The highest BCUT2D eigenvalue weighted by atomic mass is 79.9. The zero-order valence-electron chi connectivity index (χ0n) is 11.5. The summed E-state index contributed by atoms with van der Waals surface area (Å²) in [5, 5.41) is 3.47. The summed E-state index contributed by atoms with van der Waals surface area (Å²) in [6.45, 7) is 2.86. The SMILES string of the molecule is Brc1cccc(CNCCCOC2CCCCC2)c1. The molecule has 0 spiro atoms. The van der Waals surface area contributed by atoms with Gasteiger partial charge in [0, 0.05) is 17.6 Å². The van der Waals surface area contributed by atoms with Crippen LogP contribution in [0.3, 0.4) is 0 Å². The van der Waals surface area contributed by atoms with Crippen molar-refractivity contribution in [2.45, 2.75) is 51.2 Å². The second-order valence-electron chi connectivity index (χ2n) is 5.29. The van der Waals surface area contributed by atoms with Crippen LogP contribution >= 0.6 is 15.9 Å². The molecule has 1 aromatic carbocycles. The van der Waals surface area contributed by atoms with Crippen molar-refractivity contribution >= 4 is 15.9 Å². The van der Waals surface area contributed by atoms with Gasteiger partial charge in [0.05, 0.1) is 6.10 Å². The number of ether oxygens (including phenoxy) is 1. The van der Waals surface area contributed by atoms with Crippen molar-refractivity contribution in [3.8, 4) is 0 Å². The van der Waals surface area contributed by atoms with Crippen molar-refractivity contribution in [2.75, 3.05) is 13.2 Å². The molecule has 106 valence electrons. The van der Waals surface area contributed by atoms with Gasteiger partial charge < -0.3 is 10.1 Å². The van der Waals surface area contributed by atoms with Crippen molar-refractivity contribution in [1.29, 1.82) is 0 Å². The maximum Gasteiger partial charge on any atom is 0.0575 e. The molecule has 0 aromatic heterocycles. The van der Waals surface area contributed by atoms with E-state index >= 15 is 0 Å². The zero-order chi connectivity index (χ0) is 13.3. The van der Waals surface area contributed by atoms with Crippen molar-refractivity contribution < 1.29 is 4.74 Å². The topological polar surface area (TPSA) is 21.3 Å². The lowest BCUT2D eigenvalue weighted by molar-refractivity contribution is 0.0273. The van der Waals surface area contributed by atoms with Gasteiger partial charge >= 0.3 is 0 Å². The lowest BCUT2D eigenvalue weighted by Crippen LogP contribution is -2.20. The lowest BCUT2D eigenvalue weighted by Gasteiger charge is -2.21. The van der Waals surface area contributed by atoms with Crippen LogP contribution in [0.25, 0.3) is 0 Å². The van der Waals surface area contributed by atoms with E-state index in [0.717, 1.165) is 30.6 Å². The summed E-state index contributed by atoms with van der Waals surface area (Å²) in [6, 6.07) is 8.44. The molecule has 0 saturated heterocycles. The lowest BCUT2D eigenvalue weighted by atomic mass is 9.98. The fourth-order valence-corrected chi connectivity index (χ4v) is 3.01. The first-order valence-corrected chi connectivity index (χ1v) is 8.20. The molecule has 0 radical (unpaired) electrons. The number of rotatable bonds is 7. The van der Waals surface area contributed by atoms with E-state index in [-0.39, 0.29) is 0 Å². The molecule has 0 heterocycles. The van der Waals surface area contributed by atoms with Gasteiger partial charge in [0.15, 0.2) is 0 Å². The number of hydrogen-bond donors (Lipinski definition) is 1.